The lowest BCUT2D eigenvalue weighted by molar-refractivity contribution is 0.225. The van der Waals surface area contributed by atoms with Gasteiger partial charge in [-0.2, -0.15) is 0 Å². The SMILES string of the molecule is CC(C)c1cc(C2=Nc3ccc(C4CCC(C)(C)CC4)c4cccc2c34)cc(C(C)C)c1. The summed E-state index contributed by atoms with van der Waals surface area (Å²) in [5.74, 6) is 1.69. The Labute approximate surface area is 194 Å². The summed E-state index contributed by atoms with van der Waals surface area (Å²) in [6.45, 7) is 14.0. The largest absolute Gasteiger partial charge is 0.247 e. The first-order valence-electron chi connectivity index (χ1n) is 12.5. The average molecular weight is 424 g/mol. The molecule has 0 saturated heterocycles. The Morgan fingerprint density at radius 3 is 2.12 bits per heavy atom. The molecule has 3 aromatic rings. The topological polar surface area (TPSA) is 12.4 Å². The van der Waals surface area contributed by atoms with Gasteiger partial charge in [-0.25, -0.2) is 4.99 Å². The Morgan fingerprint density at radius 1 is 0.844 bits per heavy atom. The Balaban J connectivity index is 1.60. The highest BCUT2D eigenvalue weighted by atomic mass is 14.8. The molecule has 3 aromatic carbocycles. The number of hydrogen-bond donors (Lipinski definition) is 0. The van der Waals surface area contributed by atoms with E-state index in [-0.39, 0.29) is 0 Å². The van der Waals surface area contributed by atoms with Crippen LogP contribution < -0.4 is 0 Å². The second-order valence-electron chi connectivity index (χ2n) is 11.5. The molecule has 0 atom stereocenters. The Hall–Kier alpha value is -2.41. The molecule has 32 heavy (non-hydrogen) atoms. The van der Waals surface area contributed by atoms with Crippen LogP contribution in [0.25, 0.3) is 10.8 Å². The van der Waals surface area contributed by atoms with E-state index in [0.717, 1.165) is 11.4 Å². The van der Waals surface area contributed by atoms with Gasteiger partial charge in [0.1, 0.15) is 0 Å². The molecule has 0 amide bonds. The molecule has 1 heteroatoms. The van der Waals surface area contributed by atoms with E-state index < -0.39 is 0 Å². The summed E-state index contributed by atoms with van der Waals surface area (Å²) in [5, 5.41) is 2.79. The highest BCUT2D eigenvalue weighted by Gasteiger charge is 2.30. The minimum Gasteiger partial charge on any atom is -0.247 e. The third-order valence-electron chi connectivity index (χ3n) is 7.90. The Bertz CT molecular complexity index is 1170. The average Bonchev–Trinajstić information content (AvgIpc) is 3.14. The molecule has 2 aliphatic rings. The molecule has 1 fully saturated rings. The monoisotopic (exact) mass is 423 g/mol. The van der Waals surface area contributed by atoms with Crippen molar-refractivity contribution in [1.29, 1.82) is 0 Å². The molecule has 1 heterocycles. The summed E-state index contributed by atoms with van der Waals surface area (Å²) in [5.41, 5.74) is 9.72. The van der Waals surface area contributed by atoms with Crippen LogP contribution in [0.1, 0.15) is 113 Å². The van der Waals surface area contributed by atoms with Crippen molar-refractivity contribution in [3.05, 3.63) is 76.3 Å². The molecule has 1 aliphatic heterocycles. The maximum absolute atomic E-state index is 5.19. The van der Waals surface area contributed by atoms with Gasteiger partial charge in [-0.1, -0.05) is 71.9 Å². The summed E-state index contributed by atoms with van der Waals surface area (Å²) in [6.07, 6.45) is 5.24. The third kappa shape index (κ3) is 3.70. The van der Waals surface area contributed by atoms with E-state index in [4.69, 9.17) is 4.99 Å². The molecule has 0 N–H and O–H groups in total. The summed E-state index contributed by atoms with van der Waals surface area (Å²) < 4.78 is 0. The molecule has 0 radical (unpaired) electrons. The first-order chi connectivity index (χ1) is 15.2. The summed E-state index contributed by atoms with van der Waals surface area (Å²) in [4.78, 5) is 5.19. The molecular formula is C31H37N. The van der Waals surface area contributed by atoms with Crippen LogP contribution >= 0.6 is 0 Å². The Morgan fingerprint density at radius 2 is 1.50 bits per heavy atom. The van der Waals surface area contributed by atoms with E-state index >= 15 is 0 Å². The van der Waals surface area contributed by atoms with Crippen molar-refractivity contribution in [2.75, 3.05) is 0 Å². The van der Waals surface area contributed by atoms with Gasteiger partial charge in [0, 0.05) is 16.5 Å². The molecule has 5 rings (SSSR count). The van der Waals surface area contributed by atoms with E-state index in [1.165, 1.54) is 64.3 Å². The van der Waals surface area contributed by atoms with Gasteiger partial charge in [0.05, 0.1) is 11.4 Å². The van der Waals surface area contributed by atoms with Gasteiger partial charge in [0.2, 0.25) is 0 Å². The molecular weight excluding hydrogens is 386 g/mol. The molecule has 1 aliphatic carbocycles. The lowest BCUT2D eigenvalue weighted by Gasteiger charge is -2.35. The Kier molecular flexibility index (Phi) is 5.27. The fourth-order valence-electron chi connectivity index (χ4n) is 5.65. The van der Waals surface area contributed by atoms with Gasteiger partial charge in [-0.15, -0.1) is 0 Å². The molecule has 166 valence electrons. The van der Waals surface area contributed by atoms with Gasteiger partial charge in [-0.3, -0.25) is 0 Å². The second kappa shape index (κ2) is 7.87. The normalized spacial score (nSPS) is 18.1. The van der Waals surface area contributed by atoms with Crippen molar-refractivity contribution in [1.82, 2.24) is 0 Å². The number of benzene rings is 3. The van der Waals surface area contributed by atoms with Gasteiger partial charge in [0.25, 0.3) is 0 Å². The van der Waals surface area contributed by atoms with Crippen molar-refractivity contribution in [2.45, 2.75) is 85.0 Å². The van der Waals surface area contributed by atoms with Crippen molar-refractivity contribution in [3.8, 4) is 0 Å². The van der Waals surface area contributed by atoms with Gasteiger partial charge in [-0.05, 0) is 89.1 Å². The first kappa shape index (κ1) is 21.4. The minimum absolute atomic E-state index is 0.497. The van der Waals surface area contributed by atoms with Crippen molar-refractivity contribution in [3.63, 3.8) is 0 Å². The fraction of sp³-hybridized carbons (Fsp3) is 0.452. The van der Waals surface area contributed by atoms with Crippen LogP contribution in [0.15, 0.2) is 53.5 Å². The van der Waals surface area contributed by atoms with Crippen LogP contribution in [0, 0.1) is 5.41 Å². The fourth-order valence-corrected chi connectivity index (χ4v) is 5.65. The molecule has 0 bridgehead atoms. The van der Waals surface area contributed by atoms with Gasteiger partial charge in [0.15, 0.2) is 0 Å². The number of aliphatic imine (C=N–C) groups is 1. The van der Waals surface area contributed by atoms with Crippen molar-refractivity contribution in [2.24, 2.45) is 10.4 Å². The predicted octanol–water partition coefficient (Wildman–Crippen LogP) is 9.25. The number of rotatable bonds is 4. The van der Waals surface area contributed by atoms with Crippen LogP contribution in [0.4, 0.5) is 5.69 Å². The standard InChI is InChI=1S/C31H37N/c1-19(2)22-16-23(20(3)4)18-24(17-22)30-27-9-7-8-26-25(10-11-28(32-30)29(26)27)21-12-14-31(5,6)15-13-21/h7-11,16-21H,12-15H2,1-6H3. The van der Waals surface area contributed by atoms with Crippen LogP contribution in [-0.2, 0) is 0 Å². The smallest absolute Gasteiger partial charge is 0.0789 e. The van der Waals surface area contributed by atoms with Crippen LogP contribution in [-0.4, -0.2) is 5.71 Å². The van der Waals surface area contributed by atoms with Gasteiger partial charge >= 0.3 is 0 Å². The van der Waals surface area contributed by atoms with Crippen LogP contribution in [0.5, 0.6) is 0 Å². The van der Waals surface area contributed by atoms with Crippen LogP contribution in [0.3, 0.4) is 0 Å². The summed E-state index contributed by atoms with van der Waals surface area (Å²) in [7, 11) is 0. The van der Waals surface area contributed by atoms with E-state index in [2.05, 4.69) is 90.1 Å². The zero-order valence-electron chi connectivity index (χ0n) is 20.6. The zero-order valence-corrected chi connectivity index (χ0v) is 20.6. The minimum atomic E-state index is 0.497. The second-order valence-corrected chi connectivity index (χ2v) is 11.5. The quantitative estimate of drug-likeness (QED) is 0.310. The van der Waals surface area contributed by atoms with Crippen molar-refractivity contribution < 1.29 is 0 Å². The lowest BCUT2D eigenvalue weighted by Crippen LogP contribution is -2.20. The van der Waals surface area contributed by atoms with Gasteiger partial charge < -0.3 is 0 Å². The summed E-state index contributed by atoms with van der Waals surface area (Å²) in [6, 6.07) is 18.6. The predicted molar refractivity (Wildman–Crippen MR) is 139 cm³/mol. The third-order valence-corrected chi connectivity index (χ3v) is 7.90. The van der Waals surface area contributed by atoms with E-state index in [9.17, 15) is 0 Å². The first-order valence-corrected chi connectivity index (χ1v) is 12.5. The lowest BCUT2D eigenvalue weighted by atomic mass is 9.70. The van der Waals surface area contributed by atoms with Crippen molar-refractivity contribution >= 4 is 22.2 Å². The number of hydrogen-bond acceptors (Lipinski definition) is 1. The molecule has 0 unspecified atom stereocenters. The molecule has 0 spiro atoms. The van der Waals surface area contributed by atoms with E-state index in [1.54, 1.807) is 0 Å². The molecule has 1 saturated carbocycles. The highest BCUT2D eigenvalue weighted by Crippen LogP contribution is 2.47. The van der Waals surface area contributed by atoms with Crippen LogP contribution in [0.2, 0.25) is 0 Å². The van der Waals surface area contributed by atoms with E-state index in [0.29, 0.717) is 23.2 Å². The molecule has 1 nitrogen and oxygen atoms in total. The van der Waals surface area contributed by atoms with E-state index in [1.807, 2.05) is 0 Å². The number of nitrogens with zero attached hydrogens (tertiary/aromatic N) is 1. The maximum Gasteiger partial charge on any atom is 0.0789 e. The zero-order chi connectivity index (χ0) is 22.6. The highest BCUT2D eigenvalue weighted by molar-refractivity contribution is 6.26. The maximum atomic E-state index is 5.19. The molecule has 0 aromatic heterocycles. The summed E-state index contributed by atoms with van der Waals surface area (Å²) >= 11 is 0.